The summed E-state index contributed by atoms with van der Waals surface area (Å²) in [6.07, 6.45) is 7.07. The number of H-pyrrole nitrogens is 1. The largest absolute Gasteiger partial charge is 0.465 e. The first kappa shape index (κ1) is 16.4. The lowest BCUT2D eigenvalue weighted by atomic mass is 9.84. The highest BCUT2D eigenvalue weighted by molar-refractivity contribution is 6.01. The first-order valence-electron chi connectivity index (χ1n) is 8.84. The minimum atomic E-state index is -1.06. The molecule has 26 heavy (non-hydrogen) atoms. The van der Waals surface area contributed by atoms with Crippen molar-refractivity contribution in [3.05, 3.63) is 24.3 Å². The summed E-state index contributed by atoms with van der Waals surface area (Å²) in [4.78, 5) is 23.1. The fraction of sp³-hybridized carbons (Fsp3) is 0.444. The van der Waals surface area contributed by atoms with Crippen LogP contribution in [0, 0.1) is 17.2 Å². The monoisotopic (exact) mass is 352 g/mol. The van der Waals surface area contributed by atoms with Gasteiger partial charge in [0.2, 0.25) is 0 Å². The van der Waals surface area contributed by atoms with Crippen LogP contribution in [0.4, 0.5) is 4.79 Å². The third-order valence-corrected chi connectivity index (χ3v) is 5.27. The van der Waals surface area contributed by atoms with Crippen molar-refractivity contribution >= 4 is 28.2 Å². The predicted octanol–water partition coefficient (Wildman–Crippen LogP) is 3.33. The molecule has 1 saturated carbocycles. The molecule has 134 valence electrons. The number of nitrogens with zero attached hydrogens (tertiary/aromatic N) is 4. The number of fused-ring (bicyclic) bond motifs is 3. The molecule has 0 bridgehead atoms. The second-order valence-electron chi connectivity index (χ2n) is 6.83. The fourth-order valence-corrected chi connectivity index (χ4v) is 4.05. The number of aromatic amines is 1. The van der Waals surface area contributed by atoms with Crippen LogP contribution < -0.4 is 5.32 Å². The summed E-state index contributed by atoms with van der Waals surface area (Å²) in [6.45, 7) is 0.161. The van der Waals surface area contributed by atoms with E-state index in [1.54, 1.807) is 6.20 Å². The number of nitrogens with one attached hydrogen (secondary N) is 2. The van der Waals surface area contributed by atoms with Crippen molar-refractivity contribution in [1.82, 2.24) is 24.8 Å². The van der Waals surface area contributed by atoms with Gasteiger partial charge in [-0.3, -0.25) is 0 Å². The van der Waals surface area contributed by atoms with Crippen LogP contribution in [0.5, 0.6) is 0 Å². The summed E-state index contributed by atoms with van der Waals surface area (Å²) >= 11 is 0. The van der Waals surface area contributed by atoms with Crippen LogP contribution in [0.1, 0.15) is 44.0 Å². The van der Waals surface area contributed by atoms with Crippen molar-refractivity contribution in [1.29, 1.82) is 5.26 Å². The van der Waals surface area contributed by atoms with Gasteiger partial charge < -0.3 is 20.0 Å². The molecule has 1 fully saturated rings. The van der Waals surface area contributed by atoms with E-state index in [1.807, 2.05) is 12.3 Å². The number of aromatic nitrogens is 4. The molecule has 3 N–H and O–H groups in total. The second-order valence-corrected chi connectivity index (χ2v) is 6.83. The average Bonchev–Trinajstić information content (AvgIpc) is 3.24. The highest BCUT2D eigenvalue weighted by Crippen LogP contribution is 2.37. The maximum Gasteiger partial charge on any atom is 0.405 e. The van der Waals surface area contributed by atoms with Gasteiger partial charge in [-0.05, 0) is 37.7 Å². The van der Waals surface area contributed by atoms with Gasteiger partial charge in [0.1, 0.15) is 17.0 Å². The van der Waals surface area contributed by atoms with Crippen molar-refractivity contribution in [3.63, 3.8) is 0 Å². The van der Waals surface area contributed by atoms with Gasteiger partial charge in [-0.2, -0.15) is 5.26 Å². The number of amides is 1. The number of carboxylic acid groups (broad SMARTS) is 1. The Hall–Kier alpha value is -3.08. The smallest absolute Gasteiger partial charge is 0.405 e. The summed E-state index contributed by atoms with van der Waals surface area (Å²) in [5, 5.41) is 21.3. The fourth-order valence-electron chi connectivity index (χ4n) is 4.05. The van der Waals surface area contributed by atoms with E-state index in [0.29, 0.717) is 18.2 Å². The Bertz CT molecular complexity index is 990. The van der Waals surface area contributed by atoms with E-state index >= 15 is 0 Å². The second kappa shape index (κ2) is 6.67. The number of nitriles is 1. The van der Waals surface area contributed by atoms with Crippen molar-refractivity contribution in [2.75, 3.05) is 0 Å². The van der Waals surface area contributed by atoms with E-state index in [1.165, 1.54) is 0 Å². The lowest BCUT2D eigenvalue weighted by Crippen LogP contribution is -2.25. The Morgan fingerprint density at radius 2 is 2.23 bits per heavy atom. The highest BCUT2D eigenvalue weighted by Gasteiger charge is 2.26. The van der Waals surface area contributed by atoms with E-state index in [2.05, 4.69) is 30.9 Å². The van der Waals surface area contributed by atoms with Gasteiger partial charge in [0.05, 0.1) is 24.3 Å². The molecule has 3 heterocycles. The molecule has 3 aromatic heterocycles. The molecule has 0 aliphatic heterocycles. The van der Waals surface area contributed by atoms with Crippen LogP contribution in [0.3, 0.4) is 0 Å². The van der Waals surface area contributed by atoms with Gasteiger partial charge >= 0.3 is 6.09 Å². The molecule has 0 atom stereocenters. The Kier molecular flexibility index (Phi) is 4.21. The first-order valence-corrected chi connectivity index (χ1v) is 8.84. The quantitative estimate of drug-likeness (QED) is 0.665. The highest BCUT2D eigenvalue weighted by atomic mass is 16.4. The molecule has 3 aromatic rings. The SMILES string of the molecule is N#CC[C@H]1CC[C@H](n2c(CNC(=O)O)nc3cnc4[nH]ccc4c32)CC1. The van der Waals surface area contributed by atoms with Gasteiger partial charge in [0, 0.05) is 24.0 Å². The standard InChI is InChI=1S/C18H20N6O2/c19-7-5-11-1-3-12(4-2-11)24-15(10-22-18(25)26)23-14-9-21-17-13(16(14)24)6-8-20-17/h6,8-9,11-12,22H,1-5,10H2,(H,20,21)(H,25,26)/t11-,12-. The van der Waals surface area contributed by atoms with Crippen molar-refractivity contribution in [2.45, 2.75) is 44.7 Å². The molecule has 8 nitrogen and oxygen atoms in total. The molecule has 1 aliphatic carbocycles. The average molecular weight is 352 g/mol. The minimum absolute atomic E-state index is 0.161. The lowest BCUT2D eigenvalue weighted by Gasteiger charge is -2.30. The number of carbonyl (C=O) groups is 1. The van der Waals surface area contributed by atoms with Crippen molar-refractivity contribution < 1.29 is 9.90 Å². The summed E-state index contributed by atoms with van der Waals surface area (Å²) in [5.41, 5.74) is 2.58. The molecule has 8 heteroatoms. The lowest BCUT2D eigenvalue weighted by molar-refractivity contribution is 0.193. The van der Waals surface area contributed by atoms with Crippen LogP contribution in [-0.2, 0) is 6.54 Å². The Labute approximate surface area is 149 Å². The van der Waals surface area contributed by atoms with E-state index in [4.69, 9.17) is 10.4 Å². The molecular formula is C18H20N6O2. The molecule has 0 unspecified atom stereocenters. The van der Waals surface area contributed by atoms with E-state index in [-0.39, 0.29) is 12.6 Å². The van der Waals surface area contributed by atoms with Crippen molar-refractivity contribution in [2.24, 2.45) is 5.92 Å². The van der Waals surface area contributed by atoms with Gasteiger partial charge in [-0.25, -0.2) is 14.8 Å². The molecule has 0 saturated heterocycles. The third-order valence-electron chi connectivity index (χ3n) is 5.27. The summed E-state index contributed by atoms with van der Waals surface area (Å²) < 4.78 is 2.19. The minimum Gasteiger partial charge on any atom is -0.465 e. The molecule has 0 aromatic carbocycles. The number of pyridine rings is 1. The zero-order valence-electron chi connectivity index (χ0n) is 14.3. The number of imidazole rings is 1. The Morgan fingerprint density at radius 3 is 2.96 bits per heavy atom. The van der Waals surface area contributed by atoms with Crippen LogP contribution in [0.25, 0.3) is 22.1 Å². The van der Waals surface area contributed by atoms with E-state index in [0.717, 1.165) is 47.8 Å². The predicted molar refractivity (Wildman–Crippen MR) is 95.5 cm³/mol. The Morgan fingerprint density at radius 1 is 1.42 bits per heavy atom. The molecule has 4 rings (SSSR count). The van der Waals surface area contributed by atoms with Crippen LogP contribution in [0.15, 0.2) is 18.5 Å². The Balaban J connectivity index is 1.77. The molecule has 0 radical (unpaired) electrons. The zero-order chi connectivity index (χ0) is 18.1. The molecular weight excluding hydrogens is 332 g/mol. The molecule has 1 aliphatic rings. The van der Waals surface area contributed by atoms with Crippen LogP contribution in [-0.4, -0.2) is 30.7 Å². The van der Waals surface area contributed by atoms with Gasteiger partial charge in [0.25, 0.3) is 0 Å². The third kappa shape index (κ3) is 2.86. The van der Waals surface area contributed by atoms with Gasteiger partial charge in [-0.1, -0.05) is 0 Å². The normalized spacial score (nSPS) is 20.3. The van der Waals surface area contributed by atoms with Crippen LogP contribution in [0.2, 0.25) is 0 Å². The number of hydrogen-bond donors (Lipinski definition) is 3. The van der Waals surface area contributed by atoms with E-state index in [9.17, 15) is 4.79 Å². The molecule has 1 amide bonds. The number of rotatable bonds is 4. The van der Waals surface area contributed by atoms with Crippen LogP contribution >= 0.6 is 0 Å². The topological polar surface area (TPSA) is 120 Å². The number of hydrogen-bond acceptors (Lipinski definition) is 4. The van der Waals surface area contributed by atoms with Gasteiger partial charge in [0.15, 0.2) is 0 Å². The van der Waals surface area contributed by atoms with E-state index < -0.39 is 6.09 Å². The summed E-state index contributed by atoms with van der Waals surface area (Å²) in [6, 6.07) is 4.51. The van der Waals surface area contributed by atoms with Crippen molar-refractivity contribution in [3.8, 4) is 6.07 Å². The maximum atomic E-state index is 11.0. The molecule has 0 spiro atoms. The summed E-state index contributed by atoms with van der Waals surface area (Å²) in [7, 11) is 0. The maximum absolute atomic E-state index is 11.0. The summed E-state index contributed by atoms with van der Waals surface area (Å²) in [5.74, 6) is 1.17. The zero-order valence-corrected chi connectivity index (χ0v) is 14.3. The first-order chi connectivity index (χ1) is 12.7. The van der Waals surface area contributed by atoms with Gasteiger partial charge in [-0.15, -0.1) is 0 Å².